The predicted octanol–water partition coefficient (Wildman–Crippen LogP) is 4.21. The number of ether oxygens (including phenoxy) is 1. The highest BCUT2D eigenvalue weighted by atomic mass is 35.5. The van der Waals surface area contributed by atoms with Gasteiger partial charge in [0.2, 0.25) is 5.91 Å². The highest BCUT2D eigenvalue weighted by Gasteiger charge is 2.36. The molecule has 0 fully saturated rings. The van der Waals surface area contributed by atoms with Crippen LogP contribution in [0.2, 0.25) is 5.02 Å². The summed E-state index contributed by atoms with van der Waals surface area (Å²) in [7, 11) is 0. The maximum absolute atomic E-state index is 12.6. The fourth-order valence-corrected chi connectivity index (χ4v) is 3.85. The van der Waals surface area contributed by atoms with Crippen molar-refractivity contribution >= 4 is 40.9 Å². The number of hydrogen-bond acceptors (Lipinski definition) is 5. The first-order valence-corrected chi connectivity index (χ1v) is 10.5. The van der Waals surface area contributed by atoms with Crippen LogP contribution in [0.3, 0.4) is 0 Å². The summed E-state index contributed by atoms with van der Waals surface area (Å²) in [5, 5.41) is 10.7. The van der Waals surface area contributed by atoms with Crippen LogP contribution < -0.4 is 10.6 Å². The molecular formula is C23H21ClN4O4. The number of aromatic nitrogens is 2. The van der Waals surface area contributed by atoms with Gasteiger partial charge in [-0.1, -0.05) is 23.7 Å². The standard InChI is InChI=1S/C23H21ClN4O4/c1-3-32-23(31)14-7-9-17(10-8-14)25-19(29)12-18-22(30)26-21-20(13(2)27-28(18)21)15-5-4-6-16(24)11-15/h4-11,18H,3,12H2,1-2H3,(H,25,29)(H,26,30). The zero-order valence-corrected chi connectivity index (χ0v) is 18.3. The molecule has 4 rings (SSSR count). The van der Waals surface area contributed by atoms with E-state index in [0.29, 0.717) is 22.1 Å². The van der Waals surface area contributed by atoms with Crippen molar-refractivity contribution < 1.29 is 19.1 Å². The van der Waals surface area contributed by atoms with Gasteiger partial charge < -0.3 is 15.4 Å². The molecule has 2 N–H and O–H groups in total. The molecule has 1 aliphatic heterocycles. The molecule has 1 unspecified atom stereocenters. The summed E-state index contributed by atoms with van der Waals surface area (Å²) in [5.41, 5.74) is 3.24. The largest absolute Gasteiger partial charge is 0.462 e. The van der Waals surface area contributed by atoms with Gasteiger partial charge in [0.05, 0.1) is 24.3 Å². The number of rotatable bonds is 6. The lowest BCUT2D eigenvalue weighted by Crippen LogP contribution is -2.23. The van der Waals surface area contributed by atoms with Gasteiger partial charge in [0.15, 0.2) is 0 Å². The van der Waals surface area contributed by atoms with Crippen LogP contribution in [0.1, 0.15) is 35.4 Å². The van der Waals surface area contributed by atoms with E-state index in [1.54, 1.807) is 48.0 Å². The van der Waals surface area contributed by atoms with Crippen LogP contribution in [-0.4, -0.2) is 34.2 Å². The van der Waals surface area contributed by atoms with Crippen LogP contribution in [0.25, 0.3) is 11.1 Å². The second-order valence-electron chi connectivity index (χ2n) is 7.32. The van der Waals surface area contributed by atoms with E-state index in [0.717, 1.165) is 16.8 Å². The molecule has 32 heavy (non-hydrogen) atoms. The molecule has 2 heterocycles. The molecule has 164 valence electrons. The number of carbonyl (C=O) groups excluding carboxylic acids is 3. The Morgan fingerprint density at radius 2 is 1.97 bits per heavy atom. The third kappa shape index (κ3) is 4.22. The van der Waals surface area contributed by atoms with E-state index in [9.17, 15) is 14.4 Å². The van der Waals surface area contributed by atoms with Crippen molar-refractivity contribution in [2.45, 2.75) is 26.3 Å². The number of nitrogens with zero attached hydrogens (tertiary/aromatic N) is 2. The Morgan fingerprint density at radius 1 is 1.22 bits per heavy atom. The number of anilines is 2. The van der Waals surface area contributed by atoms with Gasteiger partial charge in [-0.3, -0.25) is 9.59 Å². The van der Waals surface area contributed by atoms with E-state index >= 15 is 0 Å². The first-order valence-electron chi connectivity index (χ1n) is 10.1. The number of aryl methyl sites for hydroxylation is 1. The van der Waals surface area contributed by atoms with Crippen LogP contribution in [-0.2, 0) is 14.3 Å². The second kappa shape index (κ2) is 8.84. The monoisotopic (exact) mass is 452 g/mol. The SMILES string of the molecule is CCOC(=O)c1ccc(NC(=O)CC2C(=O)Nc3c(-c4cccc(Cl)c4)c(C)nn32)cc1. The second-order valence-corrected chi connectivity index (χ2v) is 7.76. The first kappa shape index (κ1) is 21.6. The van der Waals surface area contributed by atoms with Crippen molar-refractivity contribution in [2.75, 3.05) is 17.2 Å². The molecule has 9 heteroatoms. The number of benzene rings is 2. The number of esters is 1. The molecule has 2 aromatic carbocycles. The lowest BCUT2D eigenvalue weighted by atomic mass is 10.1. The van der Waals surface area contributed by atoms with Crippen LogP contribution in [0.15, 0.2) is 48.5 Å². The number of hydrogen-bond donors (Lipinski definition) is 2. The lowest BCUT2D eigenvalue weighted by Gasteiger charge is -2.10. The molecule has 0 radical (unpaired) electrons. The molecule has 8 nitrogen and oxygen atoms in total. The van der Waals surface area contributed by atoms with Crippen molar-refractivity contribution in [2.24, 2.45) is 0 Å². The van der Waals surface area contributed by atoms with Gasteiger partial charge in [-0.05, 0) is 55.8 Å². The smallest absolute Gasteiger partial charge is 0.338 e. The summed E-state index contributed by atoms with van der Waals surface area (Å²) in [4.78, 5) is 36.9. The summed E-state index contributed by atoms with van der Waals surface area (Å²) in [6, 6.07) is 12.9. The van der Waals surface area contributed by atoms with E-state index < -0.39 is 12.0 Å². The highest BCUT2D eigenvalue weighted by Crippen LogP contribution is 2.38. The minimum Gasteiger partial charge on any atom is -0.462 e. The van der Waals surface area contributed by atoms with Gasteiger partial charge in [-0.15, -0.1) is 0 Å². The summed E-state index contributed by atoms with van der Waals surface area (Å²) in [5.74, 6) is -0.528. The number of amides is 2. The van der Waals surface area contributed by atoms with Crippen LogP contribution in [0.5, 0.6) is 0 Å². The molecule has 3 aromatic rings. The zero-order valence-electron chi connectivity index (χ0n) is 17.5. The van der Waals surface area contributed by atoms with Crippen LogP contribution in [0, 0.1) is 6.92 Å². The Bertz CT molecular complexity index is 1200. The zero-order chi connectivity index (χ0) is 22.8. The molecule has 1 atom stereocenters. The quantitative estimate of drug-likeness (QED) is 0.545. The maximum Gasteiger partial charge on any atom is 0.338 e. The minimum absolute atomic E-state index is 0.0887. The molecule has 2 amide bonds. The first-order chi connectivity index (χ1) is 15.4. The van der Waals surface area contributed by atoms with Gasteiger partial charge in [-0.25, -0.2) is 9.48 Å². The van der Waals surface area contributed by atoms with Crippen LogP contribution in [0.4, 0.5) is 11.5 Å². The topological polar surface area (TPSA) is 102 Å². The molecule has 0 aliphatic carbocycles. The van der Waals surface area contributed by atoms with E-state index in [2.05, 4.69) is 15.7 Å². The summed E-state index contributed by atoms with van der Waals surface area (Å²) in [6.07, 6.45) is -0.0887. The Hall–Kier alpha value is -3.65. The number of halogens is 1. The number of carbonyl (C=O) groups is 3. The van der Waals surface area contributed by atoms with Gasteiger partial charge in [0.25, 0.3) is 5.91 Å². The van der Waals surface area contributed by atoms with Crippen molar-refractivity contribution in [3.05, 3.63) is 64.8 Å². The summed E-state index contributed by atoms with van der Waals surface area (Å²) < 4.78 is 6.50. The minimum atomic E-state index is -0.768. The summed E-state index contributed by atoms with van der Waals surface area (Å²) in [6.45, 7) is 3.86. The average molecular weight is 453 g/mol. The van der Waals surface area contributed by atoms with Crippen molar-refractivity contribution in [3.63, 3.8) is 0 Å². The predicted molar refractivity (Wildman–Crippen MR) is 121 cm³/mol. The fourth-order valence-electron chi connectivity index (χ4n) is 3.66. The Labute approximate surface area is 189 Å². The Balaban J connectivity index is 1.49. The number of nitrogens with one attached hydrogen (secondary N) is 2. The molecule has 1 aromatic heterocycles. The average Bonchev–Trinajstić information content (AvgIpc) is 3.22. The van der Waals surface area contributed by atoms with Gasteiger partial charge in [0.1, 0.15) is 11.9 Å². The molecule has 0 saturated carbocycles. The Morgan fingerprint density at radius 3 is 2.66 bits per heavy atom. The molecule has 0 saturated heterocycles. The van der Waals surface area contributed by atoms with E-state index in [4.69, 9.17) is 16.3 Å². The van der Waals surface area contributed by atoms with E-state index in [-0.39, 0.29) is 24.8 Å². The van der Waals surface area contributed by atoms with Gasteiger partial charge in [-0.2, -0.15) is 5.10 Å². The molecule has 1 aliphatic rings. The van der Waals surface area contributed by atoms with Gasteiger partial charge in [0, 0.05) is 16.3 Å². The van der Waals surface area contributed by atoms with Crippen LogP contribution >= 0.6 is 11.6 Å². The van der Waals surface area contributed by atoms with E-state index in [1.807, 2.05) is 19.1 Å². The van der Waals surface area contributed by atoms with Gasteiger partial charge >= 0.3 is 5.97 Å². The third-order valence-corrected chi connectivity index (χ3v) is 5.33. The molecular weight excluding hydrogens is 432 g/mol. The van der Waals surface area contributed by atoms with Crippen molar-refractivity contribution in [1.29, 1.82) is 0 Å². The number of fused-ring (bicyclic) bond motifs is 1. The maximum atomic E-state index is 12.6. The molecule has 0 spiro atoms. The van der Waals surface area contributed by atoms with Crippen molar-refractivity contribution in [1.82, 2.24) is 9.78 Å². The third-order valence-electron chi connectivity index (χ3n) is 5.10. The van der Waals surface area contributed by atoms with E-state index in [1.165, 1.54) is 0 Å². The molecule has 0 bridgehead atoms. The highest BCUT2D eigenvalue weighted by molar-refractivity contribution is 6.30. The Kier molecular flexibility index (Phi) is 5.96. The fraction of sp³-hybridized carbons (Fsp3) is 0.217. The lowest BCUT2D eigenvalue weighted by molar-refractivity contribution is -0.123. The van der Waals surface area contributed by atoms with Crippen molar-refractivity contribution in [3.8, 4) is 11.1 Å². The summed E-state index contributed by atoms with van der Waals surface area (Å²) >= 11 is 6.12. The normalized spacial score (nSPS) is 14.6.